The minimum Gasteiger partial charge on any atom is -0.497 e. The fraction of sp³-hybridized carbons (Fsp3) is 0.269. The lowest BCUT2D eigenvalue weighted by Gasteiger charge is -2.33. The molecule has 7 nitrogen and oxygen atoms in total. The monoisotopic (exact) mass is 460 g/mol. The lowest BCUT2D eigenvalue weighted by molar-refractivity contribution is 0.0564. The van der Waals surface area contributed by atoms with E-state index in [1.807, 2.05) is 24.3 Å². The summed E-state index contributed by atoms with van der Waals surface area (Å²) in [5, 5.41) is 7.09. The van der Waals surface area contributed by atoms with Crippen LogP contribution in [0.4, 0.5) is 4.39 Å². The second-order valence-electron chi connectivity index (χ2n) is 8.38. The predicted molar refractivity (Wildman–Crippen MR) is 124 cm³/mol. The molecule has 1 N–H and O–H groups in total. The van der Waals surface area contributed by atoms with E-state index in [4.69, 9.17) is 9.15 Å². The fourth-order valence-electron chi connectivity index (χ4n) is 4.33. The molecule has 1 aliphatic rings. The van der Waals surface area contributed by atoms with Gasteiger partial charge in [-0.1, -0.05) is 12.1 Å². The van der Waals surface area contributed by atoms with Crippen molar-refractivity contribution in [1.29, 1.82) is 0 Å². The quantitative estimate of drug-likeness (QED) is 0.429. The number of nitrogens with one attached hydrogen (secondary N) is 1. The first-order valence-electron chi connectivity index (χ1n) is 11.3. The number of hydrogen-bond acceptors (Lipinski definition) is 5. The van der Waals surface area contributed by atoms with Crippen LogP contribution >= 0.6 is 0 Å². The molecule has 0 unspecified atom stereocenters. The first-order chi connectivity index (χ1) is 16.6. The van der Waals surface area contributed by atoms with Crippen molar-refractivity contribution in [2.45, 2.75) is 31.7 Å². The molecule has 1 saturated heterocycles. The normalized spacial score (nSPS) is 15.9. The smallest absolute Gasteiger partial charge is 0.272 e. The van der Waals surface area contributed by atoms with Gasteiger partial charge in [0.2, 0.25) is 5.89 Å². The van der Waals surface area contributed by atoms with E-state index >= 15 is 0 Å². The highest BCUT2D eigenvalue weighted by Crippen LogP contribution is 2.32. The van der Waals surface area contributed by atoms with E-state index in [1.54, 1.807) is 36.4 Å². The molecule has 8 heteroatoms. The van der Waals surface area contributed by atoms with E-state index in [2.05, 4.69) is 15.2 Å². The van der Waals surface area contributed by atoms with Gasteiger partial charge in [0.05, 0.1) is 19.0 Å². The number of benzene rings is 2. The third-order valence-corrected chi connectivity index (χ3v) is 6.08. The van der Waals surface area contributed by atoms with Crippen LogP contribution in [0.1, 0.15) is 53.0 Å². The molecule has 34 heavy (non-hydrogen) atoms. The van der Waals surface area contributed by atoms with Crippen LogP contribution in [-0.2, 0) is 6.42 Å². The standard InChI is InChI=1S/C26H25FN4O3/c1-33-20-6-4-5-17(13-20)14-21-16-28-25(34-21)24-7-2-3-12-31(24)26(32)23-15-22(29-30-23)18-8-10-19(27)11-9-18/h4-6,8-11,13,15-16,24H,2-3,7,12,14H2,1H3,(H,29,30)/t24-/m1/s1. The van der Waals surface area contributed by atoms with E-state index in [1.165, 1.54) is 12.1 Å². The Morgan fingerprint density at radius 1 is 1.21 bits per heavy atom. The van der Waals surface area contributed by atoms with Gasteiger partial charge in [0, 0.05) is 18.5 Å². The number of methoxy groups -OCH3 is 1. The SMILES string of the molecule is COc1cccc(Cc2cnc([C@H]3CCCCN3C(=O)c3cc(-c4ccc(F)cc4)n[nH]3)o2)c1. The number of piperidine rings is 1. The minimum atomic E-state index is -0.316. The highest BCUT2D eigenvalue weighted by atomic mass is 19.1. The molecule has 174 valence electrons. The molecule has 1 amide bonds. The molecule has 0 bridgehead atoms. The van der Waals surface area contributed by atoms with Crippen LogP contribution < -0.4 is 4.74 Å². The lowest BCUT2D eigenvalue weighted by atomic mass is 10.0. The third kappa shape index (κ3) is 4.57. The van der Waals surface area contributed by atoms with E-state index in [0.717, 1.165) is 41.9 Å². The minimum absolute atomic E-state index is 0.155. The summed E-state index contributed by atoms with van der Waals surface area (Å²) < 4.78 is 24.6. The maximum atomic E-state index is 13.4. The first kappa shape index (κ1) is 21.9. The van der Waals surface area contributed by atoms with Gasteiger partial charge in [0.25, 0.3) is 5.91 Å². The summed E-state index contributed by atoms with van der Waals surface area (Å²) in [7, 11) is 1.64. The van der Waals surface area contributed by atoms with Crippen molar-refractivity contribution in [2.75, 3.05) is 13.7 Å². The van der Waals surface area contributed by atoms with Crippen molar-refractivity contribution in [1.82, 2.24) is 20.1 Å². The molecule has 0 radical (unpaired) electrons. The van der Waals surface area contributed by atoms with Gasteiger partial charge >= 0.3 is 0 Å². The van der Waals surface area contributed by atoms with Gasteiger partial charge in [-0.3, -0.25) is 9.89 Å². The molecule has 3 heterocycles. The fourth-order valence-corrected chi connectivity index (χ4v) is 4.33. The number of aromatic amines is 1. The van der Waals surface area contributed by atoms with Crippen LogP contribution in [0.15, 0.2) is 65.2 Å². The van der Waals surface area contributed by atoms with Gasteiger partial charge in [-0.2, -0.15) is 5.10 Å². The Hall–Kier alpha value is -3.94. The van der Waals surface area contributed by atoms with Gasteiger partial charge in [0.1, 0.15) is 29.1 Å². The molecular formula is C26H25FN4O3. The maximum absolute atomic E-state index is 13.4. The number of aromatic nitrogens is 3. The molecule has 0 spiro atoms. The lowest BCUT2D eigenvalue weighted by Crippen LogP contribution is -2.38. The molecular weight excluding hydrogens is 435 g/mol. The van der Waals surface area contributed by atoms with E-state index in [0.29, 0.717) is 30.2 Å². The Labute approximate surface area is 196 Å². The Bertz CT molecular complexity index is 1280. The topological polar surface area (TPSA) is 84.2 Å². The second kappa shape index (κ2) is 9.51. The van der Waals surface area contributed by atoms with Gasteiger partial charge in [-0.15, -0.1) is 0 Å². The average Bonchev–Trinajstić information content (AvgIpc) is 3.54. The highest BCUT2D eigenvalue weighted by molar-refractivity contribution is 5.93. The number of H-pyrrole nitrogens is 1. The van der Waals surface area contributed by atoms with E-state index in [9.17, 15) is 9.18 Å². The van der Waals surface area contributed by atoms with E-state index in [-0.39, 0.29) is 17.8 Å². The number of ether oxygens (including phenoxy) is 1. The van der Waals surface area contributed by atoms with Crippen LogP contribution in [0.3, 0.4) is 0 Å². The zero-order valence-corrected chi connectivity index (χ0v) is 18.8. The number of amides is 1. The van der Waals surface area contributed by atoms with Crippen LogP contribution in [-0.4, -0.2) is 39.6 Å². The number of hydrogen-bond donors (Lipinski definition) is 1. The van der Waals surface area contributed by atoms with Gasteiger partial charge in [-0.25, -0.2) is 9.37 Å². The molecule has 1 fully saturated rings. The van der Waals surface area contributed by atoms with Crippen LogP contribution in [0.25, 0.3) is 11.3 Å². The van der Waals surface area contributed by atoms with Crippen molar-refractivity contribution in [3.63, 3.8) is 0 Å². The second-order valence-corrected chi connectivity index (χ2v) is 8.38. The van der Waals surface area contributed by atoms with Gasteiger partial charge < -0.3 is 14.1 Å². The van der Waals surface area contributed by atoms with Crippen molar-refractivity contribution in [3.05, 3.63) is 89.5 Å². The van der Waals surface area contributed by atoms with Gasteiger partial charge in [0.15, 0.2) is 0 Å². The molecule has 1 atom stereocenters. The molecule has 4 aromatic rings. The average molecular weight is 461 g/mol. The number of rotatable bonds is 6. The summed E-state index contributed by atoms with van der Waals surface area (Å²) >= 11 is 0. The summed E-state index contributed by atoms with van der Waals surface area (Å²) in [5.41, 5.74) is 2.77. The Morgan fingerprint density at radius 2 is 2.06 bits per heavy atom. The predicted octanol–water partition coefficient (Wildman–Crippen LogP) is 5.17. The van der Waals surface area contributed by atoms with Crippen LogP contribution in [0.2, 0.25) is 0 Å². The van der Waals surface area contributed by atoms with Crippen molar-refractivity contribution < 1.29 is 18.3 Å². The number of carbonyl (C=O) groups excluding carboxylic acids is 1. The Kier molecular flexibility index (Phi) is 6.12. The van der Waals surface area contributed by atoms with Crippen molar-refractivity contribution in [2.24, 2.45) is 0 Å². The highest BCUT2D eigenvalue weighted by Gasteiger charge is 2.33. The molecule has 0 saturated carbocycles. The number of halogens is 1. The van der Waals surface area contributed by atoms with Crippen LogP contribution in [0.5, 0.6) is 5.75 Å². The summed E-state index contributed by atoms with van der Waals surface area (Å²) in [6.07, 6.45) is 5.01. The molecule has 5 rings (SSSR count). The zero-order chi connectivity index (χ0) is 23.5. The van der Waals surface area contributed by atoms with Crippen molar-refractivity contribution in [3.8, 4) is 17.0 Å². The van der Waals surface area contributed by atoms with Crippen molar-refractivity contribution >= 4 is 5.91 Å². The molecule has 2 aromatic heterocycles. The molecule has 0 aliphatic carbocycles. The summed E-state index contributed by atoms with van der Waals surface area (Å²) in [6, 6.07) is 15.3. The number of nitrogens with zero attached hydrogens (tertiary/aromatic N) is 3. The zero-order valence-electron chi connectivity index (χ0n) is 18.8. The van der Waals surface area contributed by atoms with Crippen LogP contribution in [0, 0.1) is 5.82 Å². The molecule has 2 aromatic carbocycles. The Balaban J connectivity index is 1.33. The summed E-state index contributed by atoms with van der Waals surface area (Å²) in [6.45, 7) is 0.613. The first-order valence-corrected chi connectivity index (χ1v) is 11.3. The number of likely N-dealkylation sites (tertiary alicyclic amines) is 1. The number of carbonyl (C=O) groups is 1. The Morgan fingerprint density at radius 3 is 2.88 bits per heavy atom. The number of oxazole rings is 1. The maximum Gasteiger partial charge on any atom is 0.272 e. The van der Waals surface area contributed by atoms with E-state index < -0.39 is 0 Å². The molecule has 1 aliphatic heterocycles. The summed E-state index contributed by atoms with van der Waals surface area (Å²) in [5.74, 6) is 1.60. The largest absolute Gasteiger partial charge is 0.497 e. The third-order valence-electron chi connectivity index (χ3n) is 6.08. The summed E-state index contributed by atoms with van der Waals surface area (Å²) in [4.78, 5) is 19.7. The van der Waals surface area contributed by atoms with Gasteiger partial charge in [-0.05, 0) is 67.3 Å².